The second-order valence-corrected chi connectivity index (χ2v) is 25.4. The van der Waals surface area contributed by atoms with Crippen LogP contribution in [-0.4, -0.2) is 39.9 Å². The molecule has 0 saturated carbocycles. The van der Waals surface area contributed by atoms with E-state index in [9.17, 15) is 0 Å². The third-order valence-electron chi connectivity index (χ3n) is 19.1. The molecule has 0 aliphatic heterocycles. The van der Waals surface area contributed by atoms with Crippen LogP contribution in [0.1, 0.15) is 0 Å². The SMILES string of the molecule is c1ccc(-c2ccc(-c3ccc(-c4nc(-c5ccccc5)nc(-c5ccc6ccccc6c5)n4)c4c3oc3cc5ncccc5cc34)cc2)cc1.c1ccc(-c2ccc(-c3ccc(-c4nc(-c5ccccc5)nc(-c5ccc6ccccc6c5)n4)c4c3oc3nc5ccccc5cc34)cc2)cc1. The van der Waals surface area contributed by atoms with Crippen LogP contribution in [-0.2, 0) is 0 Å². The van der Waals surface area contributed by atoms with Crippen LogP contribution in [0.25, 0.3) is 200 Å². The predicted molar refractivity (Wildman–Crippen MR) is 414 cm³/mol. The zero-order valence-corrected chi connectivity index (χ0v) is 54.7. The molecule has 14 aromatic carbocycles. The number of fused-ring (bicyclic) bond motifs is 10. The number of nitrogens with zero attached hydrogens (tertiary/aromatic N) is 8. The Morgan fingerprint density at radius 2 is 0.569 bits per heavy atom. The molecule has 0 atom stereocenters. The van der Waals surface area contributed by atoms with Gasteiger partial charge in [-0.25, -0.2) is 34.9 Å². The minimum Gasteiger partial charge on any atom is -0.455 e. The van der Waals surface area contributed by atoms with Gasteiger partial charge >= 0.3 is 0 Å². The maximum atomic E-state index is 6.79. The molecule has 0 aliphatic rings. The van der Waals surface area contributed by atoms with Crippen molar-refractivity contribution < 1.29 is 8.83 Å². The van der Waals surface area contributed by atoms with E-state index in [1.165, 1.54) is 16.5 Å². The van der Waals surface area contributed by atoms with E-state index in [4.69, 9.17) is 43.7 Å². The van der Waals surface area contributed by atoms with Crippen LogP contribution < -0.4 is 0 Å². The van der Waals surface area contributed by atoms with Gasteiger partial charge in [0.25, 0.3) is 0 Å². The van der Waals surface area contributed by atoms with Crippen LogP contribution >= 0.6 is 0 Å². The van der Waals surface area contributed by atoms with E-state index in [-0.39, 0.29) is 0 Å². The van der Waals surface area contributed by atoms with E-state index in [0.29, 0.717) is 40.7 Å². The average Bonchev–Trinajstić information content (AvgIpc) is 1.57. The lowest BCUT2D eigenvalue weighted by atomic mass is 9.96. The van der Waals surface area contributed by atoms with Gasteiger partial charge in [0.15, 0.2) is 34.9 Å². The molecule has 0 bridgehead atoms. The van der Waals surface area contributed by atoms with E-state index in [0.717, 1.165) is 143 Å². The van der Waals surface area contributed by atoms with Crippen molar-refractivity contribution in [1.29, 1.82) is 0 Å². The van der Waals surface area contributed by atoms with Crippen molar-refractivity contribution in [2.24, 2.45) is 0 Å². The smallest absolute Gasteiger partial charge is 0.227 e. The minimum atomic E-state index is 0.568. The number of furan rings is 2. The van der Waals surface area contributed by atoms with E-state index < -0.39 is 0 Å². The molecule has 0 aliphatic carbocycles. The van der Waals surface area contributed by atoms with Gasteiger partial charge in [-0.15, -0.1) is 0 Å². The largest absolute Gasteiger partial charge is 0.455 e. The van der Waals surface area contributed by atoms with Crippen molar-refractivity contribution >= 4 is 87.4 Å². The molecular formula is C92H56N8O2. The first-order chi connectivity index (χ1) is 50.5. The first-order valence-electron chi connectivity index (χ1n) is 33.9. The number of benzene rings is 14. The molecule has 0 saturated heterocycles. The second-order valence-electron chi connectivity index (χ2n) is 25.4. The normalized spacial score (nSPS) is 11.5. The summed E-state index contributed by atoms with van der Waals surface area (Å²) in [6, 6.07) is 115. The molecule has 10 heteroatoms. The summed E-state index contributed by atoms with van der Waals surface area (Å²) in [5.74, 6) is 3.58. The number of rotatable bonds is 10. The van der Waals surface area contributed by atoms with Crippen molar-refractivity contribution in [2.75, 3.05) is 0 Å². The van der Waals surface area contributed by atoms with Crippen LogP contribution in [0, 0.1) is 0 Å². The Morgan fingerprint density at radius 3 is 1.09 bits per heavy atom. The van der Waals surface area contributed by atoms with Gasteiger partial charge in [0.1, 0.15) is 16.7 Å². The quantitative estimate of drug-likeness (QED) is 0.130. The summed E-state index contributed by atoms with van der Waals surface area (Å²) in [7, 11) is 0. The summed E-state index contributed by atoms with van der Waals surface area (Å²) in [5.41, 5.74) is 18.8. The van der Waals surface area contributed by atoms with Crippen LogP contribution in [0.5, 0.6) is 0 Å². The van der Waals surface area contributed by atoms with Crippen molar-refractivity contribution in [3.8, 4) is 113 Å². The van der Waals surface area contributed by atoms with Crippen molar-refractivity contribution in [3.05, 3.63) is 340 Å². The molecule has 6 heterocycles. The van der Waals surface area contributed by atoms with Crippen LogP contribution in [0.3, 0.4) is 0 Å². The van der Waals surface area contributed by atoms with Gasteiger partial charge in [0.2, 0.25) is 5.71 Å². The molecule has 0 N–H and O–H groups in total. The Balaban J connectivity index is 0.000000141. The molecule has 6 aromatic heterocycles. The zero-order chi connectivity index (χ0) is 67.5. The lowest BCUT2D eigenvalue weighted by Crippen LogP contribution is -2.00. The summed E-state index contributed by atoms with van der Waals surface area (Å²) >= 11 is 0. The molecule has 102 heavy (non-hydrogen) atoms. The summed E-state index contributed by atoms with van der Waals surface area (Å²) in [6.45, 7) is 0. The maximum Gasteiger partial charge on any atom is 0.227 e. The van der Waals surface area contributed by atoms with Crippen LogP contribution in [0.2, 0.25) is 0 Å². The van der Waals surface area contributed by atoms with E-state index in [1.807, 2.05) is 109 Å². The lowest BCUT2D eigenvalue weighted by molar-refractivity contribution is 0.657. The Kier molecular flexibility index (Phi) is 14.6. The molecule has 20 rings (SSSR count). The number of para-hydroxylation sites is 1. The van der Waals surface area contributed by atoms with Crippen LogP contribution in [0.15, 0.2) is 349 Å². The molecule has 0 spiro atoms. The van der Waals surface area contributed by atoms with E-state index >= 15 is 0 Å². The van der Waals surface area contributed by atoms with Gasteiger partial charge in [-0.05, 0) is 116 Å². The van der Waals surface area contributed by atoms with Gasteiger partial charge in [-0.2, -0.15) is 0 Å². The fourth-order valence-electron chi connectivity index (χ4n) is 14.0. The van der Waals surface area contributed by atoms with Gasteiger partial charge in [0.05, 0.1) is 11.0 Å². The number of hydrogen-bond acceptors (Lipinski definition) is 10. The molecule has 10 nitrogen and oxygen atoms in total. The average molecular weight is 1310 g/mol. The topological polar surface area (TPSA) is 129 Å². The van der Waals surface area contributed by atoms with Gasteiger partial charge in [-0.1, -0.05) is 267 Å². The van der Waals surface area contributed by atoms with E-state index in [1.54, 1.807) is 0 Å². The first kappa shape index (κ1) is 59.3. The predicted octanol–water partition coefficient (Wildman–Crippen LogP) is 23.6. The minimum absolute atomic E-state index is 0.568. The summed E-state index contributed by atoms with van der Waals surface area (Å²) in [5, 5.41) is 10.4. The molecule has 0 unspecified atom stereocenters. The van der Waals surface area contributed by atoms with Crippen molar-refractivity contribution in [2.45, 2.75) is 0 Å². The monoisotopic (exact) mass is 1300 g/mol. The lowest BCUT2D eigenvalue weighted by Gasteiger charge is -2.11. The Morgan fingerprint density at radius 1 is 0.206 bits per heavy atom. The van der Waals surface area contributed by atoms with Gasteiger partial charge in [-0.3, -0.25) is 4.98 Å². The molecule has 0 fully saturated rings. The molecule has 0 amide bonds. The number of pyridine rings is 2. The summed E-state index contributed by atoms with van der Waals surface area (Å²) < 4.78 is 13.5. The highest BCUT2D eigenvalue weighted by molar-refractivity contribution is 6.19. The summed E-state index contributed by atoms with van der Waals surface area (Å²) in [6.07, 6.45) is 1.81. The Bertz CT molecular complexity index is 6200. The summed E-state index contributed by atoms with van der Waals surface area (Å²) in [4.78, 5) is 40.2. The highest BCUT2D eigenvalue weighted by Gasteiger charge is 2.25. The third kappa shape index (κ3) is 11.0. The molecular weight excluding hydrogens is 1250 g/mol. The van der Waals surface area contributed by atoms with Crippen LogP contribution in [0.4, 0.5) is 0 Å². The fourth-order valence-corrected chi connectivity index (χ4v) is 14.0. The highest BCUT2D eigenvalue weighted by Crippen LogP contribution is 2.45. The van der Waals surface area contributed by atoms with Crippen molar-refractivity contribution in [1.82, 2.24) is 39.9 Å². The molecule has 476 valence electrons. The van der Waals surface area contributed by atoms with Gasteiger partial charge in [0, 0.05) is 89.1 Å². The van der Waals surface area contributed by atoms with Gasteiger partial charge < -0.3 is 8.83 Å². The molecule has 0 radical (unpaired) electrons. The third-order valence-corrected chi connectivity index (χ3v) is 19.1. The zero-order valence-electron chi connectivity index (χ0n) is 54.7. The first-order valence-corrected chi connectivity index (χ1v) is 33.9. The Hall–Kier alpha value is -14.0. The molecule has 20 aromatic rings. The second kappa shape index (κ2) is 25.2. The number of hydrogen-bond donors (Lipinski definition) is 0. The van der Waals surface area contributed by atoms with Crippen molar-refractivity contribution in [3.63, 3.8) is 0 Å². The van der Waals surface area contributed by atoms with E-state index in [2.05, 4.69) is 236 Å². The fraction of sp³-hybridized carbons (Fsp3) is 0. The number of aromatic nitrogens is 8. The standard InChI is InChI=1S/2C46H28N4O/c1-3-11-29(12-4-1)31-19-22-32(23-20-31)37-25-26-38(41-39-28-35-17-9-10-18-40(35)47-46(39)51-42(37)41)45-49-43(33-14-5-2-6-15-33)48-44(50-45)36-24-21-30-13-7-8-16-34(30)27-36;1-3-10-29(11-4-1)31-17-20-32(21-18-31)37-23-24-38(42-39-27-35-16-9-25-47-40(35)28-41(39)51-43(37)42)46-49-44(33-13-5-2-6-14-33)48-45(50-46)36-22-19-30-12-7-8-15-34(30)26-36/h2*1-28H. The highest BCUT2D eigenvalue weighted by atomic mass is 16.3. The maximum absolute atomic E-state index is 6.79. The Labute approximate surface area is 585 Å².